The first kappa shape index (κ1) is 13.7. The van der Waals surface area contributed by atoms with E-state index in [0.29, 0.717) is 5.92 Å². The Kier molecular flexibility index (Phi) is 3.88. The quantitative estimate of drug-likeness (QED) is 0.757. The van der Waals surface area contributed by atoms with Crippen LogP contribution in [0.4, 0.5) is 0 Å². The normalized spacial score (nSPS) is 18.4. The van der Waals surface area contributed by atoms with Gasteiger partial charge in [0.1, 0.15) is 11.5 Å². The lowest BCUT2D eigenvalue weighted by atomic mass is 9.84. The minimum atomic E-state index is 0.0736. The molecule has 0 bridgehead atoms. The predicted molar refractivity (Wildman–Crippen MR) is 80.8 cm³/mol. The number of hydrogen-bond donors (Lipinski definition) is 0. The zero-order valence-corrected chi connectivity index (χ0v) is 12.9. The van der Waals surface area contributed by atoms with Gasteiger partial charge >= 0.3 is 0 Å². The van der Waals surface area contributed by atoms with E-state index >= 15 is 0 Å². The third-order valence-corrected chi connectivity index (χ3v) is 4.90. The molecule has 1 atom stereocenters. The average molecular weight is 293 g/mol. The highest BCUT2D eigenvalue weighted by molar-refractivity contribution is 6.21. The van der Waals surface area contributed by atoms with E-state index in [4.69, 9.17) is 16.0 Å². The molecular formula is C16H21ClN2O. The summed E-state index contributed by atoms with van der Waals surface area (Å²) < 4.78 is 7.67. The molecule has 3 nitrogen and oxygen atoms in total. The van der Waals surface area contributed by atoms with Crippen LogP contribution >= 0.6 is 11.6 Å². The minimum absolute atomic E-state index is 0.0736. The van der Waals surface area contributed by atoms with Crippen molar-refractivity contribution in [2.45, 2.75) is 44.4 Å². The monoisotopic (exact) mass is 292 g/mol. The van der Waals surface area contributed by atoms with Crippen LogP contribution in [0.15, 0.2) is 22.9 Å². The highest BCUT2D eigenvalue weighted by Gasteiger charge is 2.26. The number of halogens is 1. The van der Waals surface area contributed by atoms with Crippen molar-refractivity contribution in [3.05, 3.63) is 29.8 Å². The van der Waals surface area contributed by atoms with Crippen LogP contribution in [-0.4, -0.2) is 9.78 Å². The fourth-order valence-electron chi connectivity index (χ4n) is 3.14. The zero-order valence-electron chi connectivity index (χ0n) is 12.1. The van der Waals surface area contributed by atoms with Crippen LogP contribution in [0.3, 0.4) is 0 Å². The summed E-state index contributed by atoms with van der Waals surface area (Å²) in [6.07, 6.45) is 10.2. The molecular weight excluding hydrogens is 272 g/mol. The van der Waals surface area contributed by atoms with E-state index in [1.165, 1.54) is 32.1 Å². The average Bonchev–Trinajstić information content (AvgIpc) is 3.05. The van der Waals surface area contributed by atoms with E-state index < -0.39 is 0 Å². The molecule has 0 N–H and O–H groups in total. The smallest absolute Gasteiger partial charge is 0.137 e. The standard InChI is InChI=1S/C16H21ClN2O/c1-11-14(16(17)12-6-4-3-5-7-12)8-15(20-11)13-9-18-19(2)10-13/h8-10,12,16H,3-7H2,1-2H3. The van der Waals surface area contributed by atoms with Gasteiger partial charge in [0.25, 0.3) is 0 Å². The molecule has 1 unspecified atom stereocenters. The summed E-state index contributed by atoms with van der Waals surface area (Å²) in [4.78, 5) is 0. The molecule has 3 rings (SSSR count). The van der Waals surface area contributed by atoms with E-state index in [1.807, 2.05) is 26.4 Å². The SMILES string of the molecule is Cc1oc(-c2cnn(C)c2)cc1C(Cl)C1CCCCC1. The summed E-state index contributed by atoms with van der Waals surface area (Å²) in [5.41, 5.74) is 2.16. The molecule has 2 heterocycles. The van der Waals surface area contributed by atoms with Gasteiger partial charge in [0.2, 0.25) is 0 Å². The molecule has 20 heavy (non-hydrogen) atoms. The Morgan fingerprint density at radius 3 is 2.75 bits per heavy atom. The van der Waals surface area contributed by atoms with Gasteiger partial charge in [0.05, 0.1) is 17.1 Å². The second-order valence-corrected chi connectivity index (χ2v) is 6.29. The topological polar surface area (TPSA) is 31.0 Å². The molecule has 0 aliphatic heterocycles. The van der Waals surface area contributed by atoms with Gasteiger partial charge < -0.3 is 4.42 Å². The molecule has 108 valence electrons. The largest absolute Gasteiger partial charge is 0.461 e. The van der Waals surface area contributed by atoms with E-state index in [1.54, 1.807) is 4.68 Å². The molecule has 2 aromatic heterocycles. The van der Waals surface area contributed by atoms with Crippen molar-refractivity contribution in [3.63, 3.8) is 0 Å². The Morgan fingerprint density at radius 2 is 2.10 bits per heavy atom. The summed E-state index contributed by atoms with van der Waals surface area (Å²) in [7, 11) is 1.91. The molecule has 0 radical (unpaired) electrons. The van der Waals surface area contributed by atoms with E-state index in [0.717, 1.165) is 22.6 Å². The van der Waals surface area contributed by atoms with Gasteiger partial charge in [-0.1, -0.05) is 19.3 Å². The van der Waals surface area contributed by atoms with Gasteiger partial charge in [-0.15, -0.1) is 11.6 Å². The van der Waals surface area contributed by atoms with Crippen LogP contribution in [-0.2, 0) is 7.05 Å². The van der Waals surface area contributed by atoms with Gasteiger partial charge in [-0.3, -0.25) is 4.68 Å². The Morgan fingerprint density at radius 1 is 1.35 bits per heavy atom. The van der Waals surface area contributed by atoms with E-state index in [-0.39, 0.29) is 5.38 Å². The Bertz CT molecular complexity index is 581. The molecule has 0 aromatic carbocycles. The summed E-state index contributed by atoms with van der Waals surface area (Å²) in [6, 6.07) is 2.10. The van der Waals surface area contributed by atoms with Crippen molar-refractivity contribution in [2.75, 3.05) is 0 Å². The molecule has 1 saturated carbocycles. The third-order valence-electron chi connectivity index (χ3n) is 4.31. The number of hydrogen-bond acceptors (Lipinski definition) is 2. The van der Waals surface area contributed by atoms with Crippen molar-refractivity contribution < 1.29 is 4.42 Å². The molecule has 0 saturated heterocycles. The lowest BCUT2D eigenvalue weighted by Crippen LogP contribution is -2.12. The molecule has 1 aliphatic carbocycles. The first-order valence-corrected chi connectivity index (χ1v) is 7.82. The zero-order chi connectivity index (χ0) is 14.1. The highest BCUT2D eigenvalue weighted by atomic mass is 35.5. The highest BCUT2D eigenvalue weighted by Crippen LogP contribution is 2.41. The number of alkyl halides is 1. The van der Waals surface area contributed by atoms with Crippen LogP contribution < -0.4 is 0 Å². The van der Waals surface area contributed by atoms with Crippen LogP contribution in [0.2, 0.25) is 0 Å². The number of nitrogens with zero attached hydrogens (tertiary/aromatic N) is 2. The number of aromatic nitrogens is 2. The van der Waals surface area contributed by atoms with Gasteiger partial charge in [-0.05, 0) is 31.7 Å². The molecule has 0 amide bonds. The summed E-state index contributed by atoms with van der Waals surface area (Å²) in [6.45, 7) is 2.01. The molecule has 0 spiro atoms. The van der Waals surface area contributed by atoms with Gasteiger partial charge in [-0.2, -0.15) is 5.10 Å². The van der Waals surface area contributed by atoms with Gasteiger partial charge in [0, 0.05) is 18.8 Å². The third kappa shape index (κ3) is 2.64. The van der Waals surface area contributed by atoms with Crippen LogP contribution in [0.1, 0.15) is 48.8 Å². The second-order valence-electron chi connectivity index (χ2n) is 5.82. The predicted octanol–water partition coefficient (Wildman–Crippen LogP) is 4.85. The van der Waals surface area contributed by atoms with Crippen molar-refractivity contribution >= 4 is 11.6 Å². The lowest BCUT2D eigenvalue weighted by molar-refractivity contribution is 0.346. The van der Waals surface area contributed by atoms with Crippen molar-refractivity contribution in [1.82, 2.24) is 9.78 Å². The van der Waals surface area contributed by atoms with Gasteiger partial charge in [-0.25, -0.2) is 0 Å². The Balaban J connectivity index is 1.84. The number of aryl methyl sites for hydroxylation is 2. The first-order valence-electron chi connectivity index (χ1n) is 7.38. The second kappa shape index (κ2) is 5.65. The maximum Gasteiger partial charge on any atom is 0.137 e. The molecule has 2 aromatic rings. The minimum Gasteiger partial charge on any atom is -0.461 e. The van der Waals surface area contributed by atoms with E-state index in [9.17, 15) is 0 Å². The van der Waals surface area contributed by atoms with Crippen LogP contribution in [0.25, 0.3) is 11.3 Å². The van der Waals surface area contributed by atoms with E-state index in [2.05, 4.69) is 11.2 Å². The number of furan rings is 1. The summed E-state index contributed by atoms with van der Waals surface area (Å²) in [5.74, 6) is 2.39. The summed E-state index contributed by atoms with van der Waals surface area (Å²) in [5, 5.41) is 4.26. The first-order chi connectivity index (χ1) is 9.65. The fraction of sp³-hybridized carbons (Fsp3) is 0.562. The summed E-state index contributed by atoms with van der Waals surface area (Å²) >= 11 is 6.72. The maximum atomic E-state index is 6.72. The Labute approximate surface area is 124 Å². The number of rotatable bonds is 3. The Hall–Kier alpha value is -1.22. The van der Waals surface area contributed by atoms with Gasteiger partial charge in [0.15, 0.2) is 0 Å². The lowest BCUT2D eigenvalue weighted by Gasteiger charge is -2.25. The van der Waals surface area contributed by atoms with Crippen molar-refractivity contribution in [1.29, 1.82) is 0 Å². The molecule has 1 aliphatic rings. The fourth-order valence-corrected chi connectivity index (χ4v) is 3.61. The molecule has 1 fully saturated rings. The molecule has 4 heteroatoms. The van der Waals surface area contributed by atoms with Crippen LogP contribution in [0.5, 0.6) is 0 Å². The van der Waals surface area contributed by atoms with Crippen molar-refractivity contribution in [3.8, 4) is 11.3 Å². The van der Waals surface area contributed by atoms with Crippen molar-refractivity contribution in [2.24, 2.45) is 13.0 Å². The van der Waals surface area contributed by atoms with Crippen LogP contribution in [0, 0.1) is 12.8 Å². The maximum absolute atomic E-state index is 6.72.